The fourth-order valence-electron chi connectivity index (χ4n) is 8.24. The maximum absolute atomic E-state index is 12.8. The van der Waals surface area contributed by atoms with E-state index < -0.39 is 6.10 Å². The highest BCUT2D eigenvalue weighted by molar-refractivity contribution is 5.71. The molecule has 0 fully saturated rings. The Morgan fingerprint density at radius 2 is 0.571 bits per heavy atom. The standard InChI is InChI=1S/C57H106O6/c1-4-7-10-13-16-19-21-23-25-27-28-30-31-33-35-38-41-44-47-50-56(59)62-53-54(52-61-55(58)49-46-43-40-37-18-15-12-9-6-3)63-57(60)51-48-45-42-39-36-34-32-29-26-24-22-20-17-14-11-8-5-2/h16,19,23,25,54H,4-15,17-18,20-22,24,26-53H2,1-3H3/b19-16-,25-23-/t54-/m1/s1. The first-order valence-corrected chi connectivity index (χ1v) is 27.8. The molecule has 6 nitrogen and oxygen atoms in total. The summed E-state index contributed by atoms with van der Waals surface area (Å²) in [6.45, 7) is 6.63. The highest BCUT2D eigenvalue weighted by Gasteiger charge is 2.19. The maximum atomic E-state index is 12.8. The van der Waals surface area contributed by atoms with E-state index in [2.05, 4.69) is 45.1 Å². The Hall–Kier alpha value is -2.11. The van der Waals surface area contributed by atoms with Crippen molar-refractivity contribution in [1.29, 1.82) is 0 Å². The molecule has 0 aromatic carbocycles. The van der Waals surface area contributed by atoms with E-state index in [0.717, 1.165) is 64.2 Å². The number of unbranched alkanes of at least 4 members (excludes halogenated alkanes) is 36. The third kappa shape index (κ3) is 50.7. The first-order chi connectivity index (χ1) is 31.0. The predicted molar refractivity (Wildman–Crippen MR) is 270 cm³/mol. The van der Waals surface area contributed by atoms with E-state index in [1.165, 1.54) is 199 Å². The van der Waals surface area contributed by atoms with E-state index in [-0.39, 0.29) is 31.1 Å². The quantitative estimate of drug-likeness (QED) is 0.0262. The Balaban J connectivity index is 4.25. The zero-order valence-corrected chi connectivity index (χ0v) is 42.4. The van der Waals surface area contributed by atoms with Gasteiger partial charge in [-0.25, -0.2) is 0 Å². The molecule has 1 atom stereocenters. The Morgan fingerprint density at radius 1 is 0.317 bits per heavy atom. The summed E-state index contributed by atoms with van der Waals surface area (Å²) in [5.74, 6) is -0.856. The van der Waals surface area contributed by atoms with E-state index >= 15 is 0 Å². The Labute approximate surface area is 392 Å². The third-order valence-electron chi connectivity index (χ3n) is 12.5. The summed E-state index contributed by atoms with van der Waals surface area (Å²) in [6.07, 6.45) is 60.3. The molecule has 0 heterocycles. The fourth-order valence-corrected chi connectivity index (χ4v) is 8.24. The third-order valence-corrected chi connectivity index (χ3v) is 12.5. The normalized spacial score (nSPS) is 12.1. The van der Waals surface area contributed by atoms with Crippen LogP contribution in [0.4, 0.5) is 0 Å². The maximum Gasteiger partial charge on any atom is 0.306 e. The molecule has 0 saturated carbocycles. The molecule has 0 amide bonds. The van der Waals surface area contributed by atoms with Crippen LogP contribution in [0, 0.1) is 0 Å². The molecule has 0 rings (SSSR count). The van der Waals surface area contributed by atoms with Crippen LogP contribution in [-0.2, 0) is 28.6 Å². The van der Waals surface area contributed by atoms with E-state index in [1.54, 1.807) is 0 Å². The lowest BCUT2D eigenvalue weighted by molar-refractivity contribution is -0.167. The second-order valence-electron chi connectivity index (χ2n) is 18.9. The Kier molecular flexibility index (Phi) is 50.8. The minimum atomic E-state index is -0.766. The first-order valence-electron chi connectivity index (χ1n) is 27.8. The van der Waals surface area contributed by atoms with Gasteiger partial charge in [0, 0.05) is 19.3 Å². The molecule has 63 heavy (non-hydrogen) atoms. The first kappa shape index (κ1) is 60.9. The molecule has 0 spiro atoms. The number of carbonyl (C=O) groups excluding carboxylic acids is 3. The van der Waals surface area contributed by atoms with Gasteiger partial charge in [0.25, 0.3) is 0 Å². The molecular weight excluding hydrogens is 781 g/mol. The van der Waals surface area contributed by atoms with Crippen molar-refractivity contribution in [3.8, 4) is 0 Å². The lowest BCUT2D eigenvalue weighted by Gasteiger charge is -2.18. The zero-order valence-electron chi connectivity index (χ0n) is 42.4. The van der Waals surface area contributed by atoms with Crippen LogP contribution >= 0.6 is 0 Å². The Morgan fingerprint density at radius 3 is 0.905 bits per heavy atom. The minimum Gasteiger partial charge on any atom is -0.462 e. The zero-order chi connectivity index (χ0) is 45.8. The molecule has 0 N–H and O–H groups in total. The molecule has 6 heteroatoms. The molecule has 0 aromatic heterocycles. The van der Waals surface area contributed by atoms with Gasteiger partial charge in [-0.1, -0.05) is 257 Å². The fraction of sp³-hybridized carbons (Fsp3) is 0.877. The van der Waals surface area contributed by atoms with Crippen LogP contribution in [0.25, 0.3) is 0 Å². The van der Waals surface area contributed by atoms with E-state index in [9.17, 15) is 14.4 Å². The molecular formula is C57H106O6. The van der Waals surface area contributed by atoms with Crippen molar-refractivity contribution in [2.45, 2.75) is 309 Å². The van der Waals surface area contributed by atoms with Gasteiger partial charge in [0.1, 0.15) is 13.2 Å². The average Bonchev–Trinajstić information content (AvgIpc) is 3.28. The van der Waals surface area contributed by atoms with Gasteiger partial charge in [0.15, 0.2) is 6.10 Å². The summed E-state index contributed by atoms with van der Waals surface area (Å²) in [4.78, 5) is 38.0. The number of allylic oxidation sites excluding steroid dienone is 4. The molecule has 0 aromatic rings. The molecule has 0 saturated heterocycles. The predicted octanol–water partition coefficient (Wildman–Crippen LogP) is 18.3. The summed E-state index contributed by atoms with van der Waals surface area (Å²) >= 11 is 0. The molecule has 0 unspecified atom stereocenters. The number of rotatable bonds is 51. The lowest BCUT2D eigenvalue weighted by atomic mass is 10.0. The smallest absolute Gasteiger partial charge is 0.306 e. The van der Waals surface area contributed by atoms with Crippen LogP contribution in [0.5, 0.6) is 0 Å². The van der Waals surface area contributed by atoms with E-state index in [1.807, 2.05) is 0 Å². The molecule has 370 valence electrons. The number of hydrogen-bond donors (Lipinski definition) is 0. The van der Waals surface area contributed by atoms with Gasteiger partial charge in [0.05, 0.1) is 0 Å². The largest absolute Gasteiger partial charge is 0.462 e. The average molecular weight is 887 g/mol. The number of ether oxygens (including phenoxy) is 3. The highest BCUT2D eigenvalue weighted by Crippen LogP contribution is 2.17. The van der Waals surface area contributed by atoms with Crippen LogP contribution in [0.3, 0.4) is 0 Å². The van der Waals surface area contributed by atoms with Gasteiger partial charge in [0.2, 0.25) is 0 Å². The molecule has 0 bridgehead atoms. The van der Waals surface area contributed by atoms with Crippen LogP contribution in [-0.4, -0.2) is 37.2 Å². The molecule has 0 aliphatic heterocycles. The van der Waals surface area contributed by atoms with Crippen molar-refractivity contribution in [2.75, 3.05) is 13.2 Å². The van der Waals surface area contributed by atoms with Crippen molar-refractivity contribution in [1.82, 2.24) is 0 Å². The van der Waals surface area contributed by atoms with Crippen LogP contribution in [0.1, 0.15) is 303 Å². The van der Waals surface area contributed by atoms with Gasteiger partial charge in [-0.05, 0) is 51.4 Å². The second kappa shape index (κ2) is 52.5. The lowest BCUT2D eigenvalue weighted by Crippen LogP contribution is -2.30. The topological polar surface area (TPSA) is 78.9 Å². The number of carbonyl (C=O) groups is 3. The molecule has 0 aliphatic carbocycles. The van der Waals surface area contributed by atoms with E-state index in [0.29, 0.717) is 19.3 Å². The monoisotopic (exact) mass is 887 g/mol. The van der Waals surface area contributed by atoms with Crippen molar-refractivity contribution in [2.24, 2.45) is 0 Å². The van der Waals surface area contributed by atoms with Gasteiger partial charge in [-0.15, -0.1) is 0 Å². The SMILES string of the molecule is CCCCC/C=C\C/C=C\CCCCCCCCCCCC(=O)OC[C@@H](COC(=O)CCCCCCCCCCC)OC(=O)CCCCCCCCCCCCCCCCCCC. The summed E-state index contributed by atoms with van der Waals surface area (Å²) in [7, 11) is 0. The van der Waals surface area contributed by atoms with Crippen molar-refractivity contribution >= 4 is 17.9 Å². The van der Waals surface area contributed by atoms with Gasteiger partial charge < -0.3 is 14.2 Å². The van der Waals surface area contributed by atoms with Gasteiger partial charge in [-0.3, -0.25) is 14.4 Å². The molecule has 0 aliphatic rings. The minimum absolute atomic E-state index is 0.0676. The summed E-state index contributed by atoms with van der Waals surface area (Å²) in [5, 5.41) is 0. The van der Waals surface area contributed by atoms with Gasteiger partial charge in [-0.2, -0.15) is 0 Å². The Bertz CT molecular complexity index is 1020. The summed E-state index contributed by atoms with van der Waals surface area (Å²) < 4.78 is 16.8. The second-order valence-corrected chi connectivity index (χ2v) is 18.9. The van der Waals surface area contributed by atoms with E-state index in [4.69, 9.17) is 14.2 Å². The number of esters is 3. The highest BCUT2D eigenvalue weighted by atomic mass is 16.6. The van der Waals surface area contributed by atoms with Crippen molar-refractivity contribution in [3.05, 3.63) is 24.3 Å². The van der Waals surface area contributed by atoms with Crippen molar-refractivity contribution in [3.63, 3.8) is 0 Å². The van der Waals surface area contributed by atoms with Gasteiger partial charge >= 0.3 is 17.9 Å². The summed E-state index contributed by atoms with van der Waals surface area (Å²) in [6, 6.07) is 0. The van der Waals surface area contributed by atoms with Crippen LogP contribution in [0.15, 0.2) is 24.3 Å². The summed E-state index contributed by atoms with van der Waals surface area (Å²) in [5.41, 5.74) is 0. The van der Waals surface area contributed by atoms with Crippen molar-refractivity contribution < 1.29 is 28.6 Å². The molecule has 0 radical (unpaired) electrons. The van der Waals surface area contributed by atoms with Crippen LogP contribution in [0.2, 0.25) is 0 Å². The van der Waals surface area contributed by atoms with Crippen LogP contribution < -0.4 is 0 Å². The number of hydrogen-bond acceptors (Lipinski definition) is 6.